The van der Waals surface area contributed by atoms with Crippen LogP contribution < -0.4 is 16.0 Å². The lowest BCUT2D eigenvalue weighted by Gasteiger charge is -2.24. The summed E-state index contributed by atoms with van der Waals surface area (Å²) in [5, 5.41) is 2.71. The standard InChI is InChI=1S/C13H21N5O/c1-3-5-11-16-10(14)8-12(17-11)18-7-4-6-9(18)13(19)15-2/h8-9H,3-7H2,1-2H3,(H,15,19)(H2,14,16,17). The lowest BCUT2D eigenvalue weighted by atomic mass is 10.2. The van der Waals surface area contributed by atoms with E-state index in [2.05, 4.69) is 22.2 Å². The van der Waals surface area contributed by atoms with Crippen LogP contribution in [0.4, 0.5) is 11.6 Å². The monoisotopic (exact) mass is 263 g/mol. The number of amides is 1. The van der Waals surface area contributed by atoms with E-state index in [1.165, 1.54) is 0 Å². The summed E-state index contributed by atoms with van der Waals surface area (Å²) in [5.74, 6) is 2.02. The average molecular weight is 263 g/mol. The molecule has 1 unspecified atom stereocenters. The molecule has 0 bridgehead atoms. The van der Waals surface area contributed by atoms with Crippen molar-refractivity contribution in [2.24, 2.45) is 0 Å². The molecule has 3 N–H and O–H groups in total. The van der Waals surface area contributed by atoms with Crippen LogP contribution in [0.2, 0.25) is 0 Å². The van der Waals surface area contributed by atoms with E-state index in [1.807, 2.05) is 4.90 Å². The Kier molecular flexibility index (Phi) is 4.19. The maximum absolute atomic E-state index is 11.9. The van der Waals surface area contributed by atoms with Crippen LogP contribution in [-0.2, 0) is 11.2 Å². The van der Waals surface area contributed by atoms with E-state index in [4.69, 9.17) is 5.73 Å². The van der Waals surface area contributed by atoms with Crippen LogP contribution in [0, 0.1) is 0 Å². The smallest absolute Gasteiger partial charge is 0.242 e. The highest BCUT2D eigenvalue weighted by molar-refractivity contribution is 5.85. The first kappa shape index (κ1) is 13.6. The van der Waals surface area contributed by atoms with Crippen molar-refractivity contribution >= 4 is 17.5 Å². The number of anilines is 2. The van der Waals surface area contributed by atoms with Gasteiger partial charge in [-0.25, -0.2) is 9.97 Å². The van der Waals surface area contributed by atoms with Crippen molar-refractivity contribution in [3.63, 3.8) is 0 Å². The molecule has 1 aromatic heterocycles. The molecular weight excluding hydrogens is 242 g/mol. The highest BCUT2D eigenvalue weighted by atomic mass is 16.2. The number of hydrogen-bond donors (Lipinski definition) is 2. The molecule has 1 saturated heterocycles. The minimum Gasteiger partial charge on any atom is -0.384 e. The molecule has 0 radical (unpaired) electrons. The molecule has 6 heteroatoms. The van der Waals surface area contributed by atoms with E-state index in [-0.39, 0.29) is 11.9 Å². The zero-order valence-electron chi connectivity index (χ0n) is 11.5. The van der Waals surface area contributed by atoms with Gasteiger partial charge in [0, 0.05) is 26.1 Å². The van der Waals surface area contributed by atoms with Crippen molar-refractivity contribution < 1.29 is 4.79 Å². The number of nitrogens with one attached hydrogen (secondary N) is 1. The maximum atomic E-state index is 11.9. The van der Waals surface area contributed by atoms with E-state index in [0.29, 0.717) is 5.82 Å². The summed E-state index contributed by atoms with van der Waals surface area (Å²) in [4.78, 5) is 22.6. The minimum atomic E-state index is -0.145. The first-order chi connectivity index (χ1) is 9.15. The van der Waals surface area contributed by atoms with Crippen molar-refractivity contribution in [2.75, 3.05) is 24.2 Å². The van der Waals surface area contributed by atoms with E-state index < -0.39 is 0 Å². The average Bonchev–Trinajstić information content (AvgIpc) is 2.86. The van der Waals surface area contributed by atoms with Crippen LogP contribution in [0.25, 0.3) is 0 Å². The maximum Gasteiger partial charge on any atom is 0.242 e. The Morgan fingerprint density at radius 3 is 3.05 bits per heavy atom. The van der Waals surface area contributed by atoms with Crippen LogP contribution >= 0.6 is 0 Å². The fraction of sp³-hybridized carbons (Fsp3) is 0.615. The number of nitrogens with zero attached hydrogens (tertiary/aromatic N) is 3. The SMILES string of the molecule is CCCc1nc(N)cc(N2CCCC2C(=O)NC)n1. The molecule has 19 heavy (non-hydrogen) atoms. The van der Waals surface area contributed by atoms with Crippen molar-refractivity contribution in [1.82, 2.24) is 15.3 Å². The van der Waals surface area contributed by atoms with Crippen molar-refractivity contribution in [3.05, 3.63) is 11.9 Å². The molecule has 1 amide bonds. The summed E-state index contributed by atoms with van der Waals surface area (Å²) in [6, 6.07) is 1.61. The fourth-order valence-electron chi connectivity index (χ4n) is 2.47. The van der Waals surface area contributed by atoms with Crippen LogP contribution in [-0.4, -0.2) is 35.5 Å². The van der Waals surface area contributed by atoms with Gasteiger partial charge in [0.2, 0.25) is 5.91 Å². The predicted molar refractivity (Wildman–Crippen MR) is 74.9 cm³/mol. The molecule has 1 aliphatic rings. The van der Waals surface area contributed by atoms with Gasteiger partial charge in [0.1, 0.15) is 23.5 Å². The lowest BCUT2D eigenvalue weighted by molar-refractivity contribution is -0.121. The minimum absolute atomic E-state index is 0.0340. The molecule has 0 aliphatic carbocycles. The van der Waals surface area contributed by atoms with E-state index in [9.17, 15) is 4.79 Å². The Labute approximate surface area is 113 Å². The predicted octanol–water partition coefficient (Wildman–Crippen LogP) is 0.726. The molecule has 1 aromatic rings. The van der Waals surface area contributed by atoms with E-state index in [1.54, 1.807) is 13.1 Å². The fourth-order valence-corrected chi connectivity index (χ4v) is 2.47. The normalized spacial score (nSPS) is 18.6. The molecule has 1 fully saturated rings. The van der Waals surface area contributed by atoms with Gasteiger partial charge < -0.3 is 16.0 Å². The molecule has 6 nitrogen and oxygen atoms in total. The van der Waals surface area contributed by atoms with Gasteiger partial charge in [-0.1, -0.05) is 6.92 Å². The summed E-state index contributed by atoms with van der Waals surface area (Å²) >= 11 is 0. The Balaban J connectivity index is 2.27. The Bertz CT molecular complexity index is 462. The summed E-state index contributed by atoms with van der Waals surface area (Å²) in [5.41, 5.74) is 5.83. The summed E-state index contributed by atoms with van der Waals surface area (Å²) in [6.45, 7) is 2.91. The van der Waals surface area contributed by atoms with Gasteiger partial charge in [0.05, 0.1) is 0 Å². The first-order valence-corrected chi connectivity index (χ1v) is 6.77. The summed E-state index contributed by atoms with van der Waals surface area (Å²) in [6.07, 6.45) is 3.62. The highest BCUT2D eigenvalue weighted by Crippen LogP contribution is 2.25. The summed E-state index contributed by atoms with van der Waals surface area (Å²) in [7, 11) is 1.66. The zero-order chi connectivity index (χ0) is 13.8. The Morgan fingerprint density at radius 1 is 1.58 bits per heavy atom. The molecule has 1 aliphatic heterocycles. The van der Waals surface area contributed by atoms with Crippen LogP contribution in [0.15, 0.2) is 6.07 Å². The first-order valence-electron chi connectivity index (χ1n) is 6.77. The number of nitrogen functional groups attached to an aromatic ring is 1. The molecule has 2 rings (SSSR count). The van der Waals surface area contributed by atoms with Crippen LogP contribution in [0.1, 0.15) is 32.0 Å². The molecule has 1 atom stereocenters. The van der Waals surface area contributed by atoms with Gasteiger partial charge in [-0.15, -0.1) is 0 Å². The molecule has 0 spiro atoms. The van der Waals surface area contributed by atoms with Crippen LogP contribution in [0.3, 0.4) is 0 Å². The number of carbonyl (C=O) groups is 1. The van der Waals surface area contributed by atoms with Crippen molar-refractivity contribution in [1.29, 1.82) is 0 Å². The van der Waals surface area contributed by atoms with Crippen molar-refractivity contribution in [3.8, 4) is 0 Å². The third kappa shape index (κ3) is 2.94. The lowest BCUT2D eigenvalue weighted by Crippen LogP contribution is -2.42. The third-order valence-corrected chi connectivity index (χ3v) is 3.35. The number of nitrogens with two attached hydrogens (primary N) is 1. The molecular formula is C13H21N5O. The number of carbonyl (C=O) groups excluding carboxylic acids is 1. The number of hydrogen-bond acceptors (Lipinski definition) is 5. The van der Waals surface area contributed by atoms with Crippen molar-refractivity contribution in [2.45, 2.75) is 38.6 Å². The van der Waals surface area contributed by atoms with Crippen LogP contribution in [0.5, 0.6) is 0 Å². The van der Waals surface area contributed by atoms with Gasteiger partial charge in [-0.3, -0.25) is 4.79 Å². The van der Waals surface area contributed by atoms with Gasteiger partial charge in [0.15, 0.2) is 0 Å². The van der Waals surface area contributed by atoms with Gasteiger partial charge in [-0.05, 0) is 19.3 Å². The zero-order valence-corrected chi connectivity index (χ0v) is 11.5. The van der Waals surface area contributed by atoms with Gasteiger partial charge in [0.25, 0.3) is 0 Å². The molecule has 2 heterocycles. The number of likely N-dealkylation sites (N-methyl/N-ethyl adjacent to an activating group) is 1. The number of rotatable bonds is 4. The quantitative estimate of drug-likeness (QED) is 0.836. The second-order valence-corrected chi connectivity index (χ2v) is 4.78. The second-order valence-electron chi connectivity index (χ2n) is 4.78. The highest BCUT2D eigenvalue weighted by Gasteiger charge is 2.31. The second kappa shape index (κ2) is 5.86. The summed E-state index contributed by atoms with van der Waals surface area (Å²) < 4.78 is 0. The van der Waals surface area contributed by atoms with Gasteiger partial charge in [-0.2, -0.15) is 0 Å². The van der Waals surface area contributed by atoms with E-state index in [0.717, 1.165) is 43.9 Å². The topological polar surface area (TPSA) is 84.1 Å². The number of aryl methyl sites for hydroxylation is 1. The van der Waals surface area contributed by atoms with E-state index >= 15 is 0 Å². The molecule has 0 saturated carbocycles. The Morgan fingerprint density at radius 2 is 2.37 bits per heavy atom. The third-order valence-electron chi connectivity index (χ3n) is 3.35. The molecule has 104 valence electrons. The largest absolute Gasteiger partial charge is 0.384 e. The van der Waals surface area contributed by atoms with Gasteiger partial charge >= 0.3 is 0 Å². The molecule has 0 aromatic carbocycles. The number of aromatic nitrogens is 2. The Hall–Kier alpha value is -1.85.